The van der Waals surface area contributed by atoms with Crippen LogP contribution >= 0.6 is 0 Å². The van der Waals surface area contributed by atoms with Gasteiger partial charge in [-0.1, -0.05) is 18.2 Å². The molecule has 0 radical (unpaired) electrons. The average Bonchev–Trinajstić information content (AvgIpc) is 2.88. The van der Waals surface area contributed by atoms with Crippen molar-refractivity contribution >= 4 is 17.3 Å². The lowest BCUT2D eigenvalue weighted by atomic mass is 10.2. The number of halogens is 1. The molecule has 0 bridgehead atoms. The largest absolute Gasteiger partial charge is 0.378 e. The first-order valence-electron chi connectivity index (χ1n) is 11.7. The van der Waals surface area contributed by atoms with Crippen LogP contribution in [0.15, 0.2) is 72.9 Å². The highest BCUT2D eigenvalue weighted by atomic mass is 19.1. The van der Waals surface area contributed by atoms with Gasteiger partial charge < -0.3 is 15.0 Å². The monoisotopic (exact) mass is 462 g/mol. The molecule has 4 rings (SSSR count). The number of hydrogen-bond acceptors (Lipinski definition) is 5. The maximum Gasteiger partial charge on any atom is 0.225 e. The third-order valence-electron chi connectivity index (χ3n) is 5.91. The number of ether oxygens (including phenoxy) is 1. The van der Waals surface area contributed by atoms with Crippen molar-refractivity contribution in [3.05, 3.63) is 90.0 Å². The van der Waals surface area contributed by atoms with Crippen molar-refractivity contribution in [3.63, 3.8) is 0 Å². The van der Waals surface area contributed by atoms with Crippen LogP contribution in [-0.2, 0) is 22.5 Å². The quantitative estimate of drug-likeness (QED) is 0.491. The second kappa shape index (κ2) is 12.3. The zero-order chi connectivity index (χ0) is 23.6. The minimum Gasteiger partial charge on any atom is -0.378 e. The van der Waals surface area contributed by atoms with E-state index in [0.717, 1.165) is 61.9 Å². The number of morpholine rings is 1. The molecule has 1 fully saturated rings. The van der Waals surface area contributed by atoms with E-state index >= 15 is 0 Å². The molecule has 1 aliphatic rings. The van der Waals surface area contributed by atoms with Gasteiger partial charge in [0.05, 0.1) is 13.2 Å². The Morgan fingerprint density at radius 3 is 2.47 bits per heavy atom. The number of anilines is 2. The molecular formula is C27H31FN4O2. The summed E-state index contributed by atoms with van der Waals surface area (Å²) >= 11 is 0. The molecule has 1 aliphatic heterocycles. The van der Waals surface area contributed by atoms with Crippen LogP contribution in [-0.4, -0.2) is 55.2 Å². The van der Waals surface area contributed by atoms with E-state index in [9.17, 15) is 9.18 Å². The smallest absolute Gasteiger partial charge is 0.225 e. The lowest BCUT2D eigenvalue weighted by Crippen LogP contribution is -2.36. The van der Waals surface area contributed by atoms with E-state index < -0.39 is 0 Å². The van der Waals surface area contributed by atoms with E-state index in [-0.39, 0.29) is 11.7 Å². The lowest BCUT2D eigenvalue weighted by molar-refractivity contribution is -0.116. The van der Waals surface area contributed by atoms with Crippen molar-refractivity contribution in [3.8, 4) is 0 Å². The number of nitrogens with one attached hydrogen (secondary N) is 1. The Morgan fingerprint density at radius 2 is 1.76 bits per heavy atom. The summed E-state index contributed by atoms with van der Waals surface area (Å²) in [4.78, 5) is 21.5. The van der Waals surface area contributed by atoms with Gasteiger partial charge in [0.25, 0.3) is 0 Å². The Bertz CT molecular complexity index is 1020. The number of benzene rings is 2. The van der Waals surface area contributed by atoms with Gasteiger partial charge in [-0.3, -0.25) is 14.7 Å². The van der Waals surface area contributed by atoms with Gasteiger partial charge in [-0.15, -0.1) is 0 Å². The summed E-state index contributed by atoms with van der Waals surface area (Å²) in [7, 11) is 0. The Hall–Kier alpha value is -3.29. The Morgan fingerprint density at radius 1 is 1.00 bits per heavy atom. The number of hydrogen-bond donors (Lipinski definition) is 1. The van der Waals surface area contributed by atoms with Crippen molar-refractivity contribution in [2.75, 3.05) is 49.6 Å². The standard InChI is InChI=1S/C27H31FN4O2/c28-23-6-4-22(5-7-23)21-31(15-12-24-3-1-2-14-29-24)16-13-27(33)30-25-8-10-26(11-9-25)32-17-19-34-20-18-32/h1-11,14H,12-13,15-21H2,(H,30,33). The van der Waals surface area contributed by atoms with Crippen LogP contribution in [0.25, 0.3) is 0 Å². The van der Waals surface area contributed by atoms with Gasteiger partial charge in [0, 0.05) is 68.8 Å². The molecule has 0 spiro atoms. The number of amides is 1. The van der Waals surface area contributed by atoms with Crippen LogP contribution in [0.4, 0.5) is 15.8 Å². The Labute approximate surface area is 200 Å². The van der Waals surface area contributed by atoms with Crippen LogP contribution < -0.4 is 10.2 Å². The first kappa shape index (κ1) is 23.9. The summed E-state index contributed by atoms with van der Waals surface area (Å²) in [6, 6.07) is 20.4. The molecule has 1 aromatic heterocycles. The second-order valence-electron chi connectivity index (χ2n) is 8.42. The molecule has 34 heavy (non-hydrogen) atoms. The molecule has 2 heterocycles. The Balaban J connectivity index is 1.30. The van der Waals surface area contributed by atoms with Gasteiger partial charge in [0.15, 0.2) is 0 Å². The Kier molecular flexibility index (Phi) is 8.60. The maximum atomic E-state index is 13.3. The van der Waals surface area contributed by atoms with E-state index in [1.807, 2.05) is 42.5 Å². The van der Waals surface area contributed by atoms with Gasteiger partial charge in [-0.25, -0.2) is 4.39 Å². The van der Waals surface area contributed by atoms with E-state index in [1.165, 1.54) is 12.1 Å². The second-order valence-corrected chi connectivity index (χ2v) is 8.42. The fraction of sp³-hybridized carbons (Fsp3) is 0.333. The predicted octanol–water partition coefficient (Wildman–Crippen LogP) is 4.13. The fourth-order valence-electron chi connectivity index (χ4n) is 4.00. The molecule has 1 N–H and O–H groups in total. The van der Waals surface area contributed by atoms with Crippen LogP contribution in [0.5, 0.6) is 0 Å². The highest BCUT2D eigenvalue weighted by Gasteiger charge is 2.13. The molecule has 7 heteroatoms. The molecule has 3 aromatic rings. The van der Waals surface area contributed by atoms with Crippen LogP contribution in [0.1, 0.15) is 17.7 Å². The number of aromatic nitrogens is 1. The normalized spacial score (nSPS) is 13.8. The highest BCUT2D eigenvalue weighted by Crippen LogP contribution is 2.19. The van der Waals surface area contributed by atoms with Gasteiger partial charge >= 0.3 is 0 Å². The van der Waals surface area contributed by atoms with Crippen molar-refractivity contribution in [2.24, 2.45) is 0 Å². The minimum absolute atomic E-state index is 0.0268. The molecule has 0 saturated carbocycles. The van der Waals surface area contributed by atoms with Crippen LogP contribution in [0.3, 0.4) is 0 Å². The van der Waals surface area contributed by atoms with E-state index in [1.54, 1.807) is 18.3 Å². The summed E-state index contributed by atoms with van der Waals surface area (Å²) in [5.41, 5.74) is 3.96. The molecule has 0 atom stereocenters. The lowest BCUT2D eigenvalue weighted by Gasteiger charge is -2.28. The van der Waals surface area contributed by atoms with Crippen molar-refractivity contribution in [1.29, 1.82) is 0 Å². The molecule has 0 unspecified atom stereocenters. The highest BCUT2D eigenvalue weighted by molar-refractivity contribution is 5.91. The van der Waals surface area contributed by atoms with Gasteiger partial charge in [0.2, 0.25) is 5.91 Å². The van der Waals surface area contributed by atoms with Crippen LogP contribution in [0.2, 0.25) is 0 Å². The van der Waals surface area contributed by atoms with E-state index in [4.69, 9.17) is 4.74 Å². The summed E-state index contributed by atoms with van der Waals surface area (Å²) < 4.78 is 18.7. The van der Waals surface area contributed by atoms with E-state index in [0.29, 0.717) is 19.5 Å². The number of pyridine rings is 1. The van der Waals surface area contributed by atoms with Crippen LogP contribution in [0, 0.1) is 5.82 Å². The molecule has 1 saturated heterocycles. The predicted molar refractivity (Wildman–Crippen MR) is 132 cm³/mol. The molecule has 2 aromatic carbocycles. The third kappa shape index (κ3) is 7.37. The summed E-state index contributed by atoms with van der Waals surface area (Å²) in [5.74, 6) is -0.274. The van der Waals surface area contributed by atoms with Gasteiger partial charge in [-0.05, 0) is 54.1 Å². The van der Waals surface area contributed by atoms with Crippen molar-refractivity contribution < 1.29 is 13.9 Å². The summed E-state index contributed by atoms with van der Waals surface area (Å²) in [6.07, 6.45) is 2.94. The minimum atomic E-state index is -0.247. The topological polar surface area (TPSA) is 57.7 Å². The van der Waals surface area contributed by atoms with Gasteiger partial charge in [-0.2, -0.15) is 0 Å². The summed E-state index contributed by atoms with van der Waals surface area (Å²) in [6.45, 7) is 5.26. The zero-order valence-corrected chi connectivity index (χ0v) is 19.3. The first-order valence-corrected chi connectivity index (χ1v) is 11.7. The maximum absolute atomic E-state index is 13.3. The molecule has 6 nitrogen and oxygen atoms in total. The molecule has 1 amide bonds. The van der Waals surface area contributed by atoms with Gasteiger partial charge in [0.1, 0.15) is 5.82 Å². The third-order valence-corrected chi connectivity index (χ3v) is 5.91. The van der Waals surface area contributed by atoms with Crippen molar-refractivity contribution in [2.45, 2.75) is 19.4 Å². The molecule has 0 aliphatic carbocycles. The number of rotatable bonds is 10. The number of nitrogens with zero attached hydrogens (tertiary/aromatic N) is 3. The van der Waals surface area contributed by atoms with Crippen molar-refractivity contribution in [1.82, 2.24) is 9.88 Å². The van der Waals surface area contributed by atoms with E-state index in [2.05, 4.69) is 20.1 Å². The zero-order valence-electron chi connectivity index (χ0n) is 19.3. The fourth-order valence-corrected chi connectivity index (χ4v) is 4.00. The molecule has 178 valence electrons. The number of carbonyl (C=O) groups excluding carboxylic acids is 1. The average molecular weight is 463 g/mol. The number of carbonyl (C=O) groups is 1. The first-order chi connectivity index (χ1) is 16.7. The summed E-state index contributed by atoms with van der Waals surface area (Å²) in [5, 5.41) is 3.00. The SMILES string of the molecule is O=C(CCN(CCc1ccccn1)Cc1ccc(F)cc1)Nc1ccc(N2CCOCC2)cc1. The molecular weight excluding hydrogens is 431 g/mol.